The molecule has 0 atom stereocenters. The maximum atomic E-state index is 12.1. The molecular formula is C16H15BrClNO. The highest BCUT2D eigenvalue weighted by Crippen LogP contribution is 2.19. The first-order valence-electron chi connectivity index (χ1n) is 6.40. The zero-order valence-electron chi connectivity index (χ0n) is 11.1. The zero-order valence-corrected chi connectivity index (χ0v) is 13.5. The van der Waals surface area contributed by atoms with Gasteiger partial charge in [-0.05, 0) is 35.7 Å². The number of hydrogen-bond donors (Lipinski definition) is 1. The highest BCUT2D eigenvalue weighted by molar-refractivity contribution is 9.10. The Labute approximate surface area is 132 Å². The Morgan fingerprint density at radius 2 is 1.80 bits per heavy atom. The molecule has 0 spiro atoms. The Morgan fingerprint density at radius 1 is 1.15 bits per heavy atom. The van der Waals surface area contributed by atoms with Gasteiger partial charge in [-0.3, -0.25) is 4.79 Å². The molecule has 0 aliphatic heterocycles. The second-order valence-electron chi connectivity index (χ2n) is 4.51. The summed E-state index contributed by atoms with van der Waals surface area (Å²) >= 11 is 9.26. The molecule has 0 heterocycles. The fourth-order valence-corrected chi connectivity index (χ4v) is 2.72. The summed E-state index contributed by atoms with van der Waals surface area (Å²) in [4.78, 5) is 12.1. The normalized spacial score (nSPS) is 10.3. The molecule has 0 aliphatic carbocycles. The smallest absolute Gasteiger partial charge is 0.251 e. The van der Waals surface area contributed by atoms with Crippen molar-refractivity contribution in [2.75, 3.05) is 0 Å². The predicted octanol–water partition coefficient (Wildman–Crippen LogP) is 4.59. The average molecular weight is 353 g/mol. The van der Waals surface area contributed by atoms with Crippen LogP contribution in [-0.4, -0.2) is 5.91 Å². The molecule has 0 aliphatic rings. The lowest BCUT2D eigenvalue weighted by atomic mass is 10.1. The van der Waals surface area contributed by atoms with E-state index in [1.54, 1.807) is 18.2 Å². The fourth-order valence-electron chi connectivity index (χ4n) is 1.86. The van der Waals surface area contributed by atoms with Crippen LogP contribution in [0.5, 0.6) is 0 Å². The molecule has 20 heavy (non-hydrogen) atoms. The third kappa shape index (κ3) is 4.09. The monoisotopic (exact) mass is 351 g/mol. The van der Waals surface area contributed by atoms with Crippen molar-refractivity contribution in [1.29, 1.82) is 0 Å². The molecule has 2 rings (SSSR count). The van der Waals surface area contributed by atoms with Crippen molar-refractivity contribution >= 4 is 33.4 Å². The van der Waals surface area contributed by atoms with Crippen LogP contribution in [0.4, 0.5) is 0 Å². The minimum Gasteiger partial charge on any atom is -0.348 e. The van der Waals surface area contributed by atoms with Gasteiger partial charge in [-0.15, -0.1) is 0 Å². The number of carbonyl (C=O) groups excluding carboxylic acids is 1. The SMILES string of the molecule is CCc1ccc(CNC(=O)c2cc(Cl)cc(Br)c2)cc1. The second-order valence-corrected chi connectivity index (χ2v) is 5.86. The average Bonchev–Trinajstić information content (AvgIpc) is 2.44. The van der Waals surface area contributed by atoms with Crippen LogP contribution < -0.4 is 5.32 Å². The largest absolute Gasteiger partial charge is 0.348 e. The minimum atomic E-state index is -0.132. The van der Waals surface area contributed by atoms with Crippen molar-refractivity contribution in [2.45, 2.75) is 19.9 Å². The molecule has 4 heteroatoms. The highest BCUT2D eigenvalue weighted by Gasteiger charge is 2.07. The van der Waals surface area contributed by atoms with Crippen LogP contribution >= 0.6 is 27.5 Å². The number of benzene rings is 2. The second kappa shape index (κ2) is 6.91. The van der Waals surface area contributed by atoms with Gasteiger partial charge in [0.05, 0.1) is 0 Å². The Balaban J connectivity index is 2.00. The van der Waals surface area contributed by atoms with Crippen molar-refractivity contribution < 1.29 is 4.79 Å². The summed E-state index contributed by atoms with van der Waals surface area (Å²) in [5.41, 5.74) is 2.92. The first-order valence-corrected chi connectivity index (χ1v) is 7.57. The van der Waals surface area contributed by atoms with E-state index < -0.39 is 0 Å². The van der Waals surface area contributed by atoms with E-state index in [2.05, 4.69) is 40.3 Å². The summed E-state index contributed by atoms with van der Waals surface area (Å²) in [5, 5.41) is 3.43. The molecule has 104 valence electrons. The lowest BCUT2D eigenvalue weighted by molar-refractivity contribution is 0.0951. The molecule has 0 saturated heterocycles. The van der Waals surface area contributed by atoms with Crippen LogP contribution in [0.25, 0.3) is 0 Å². The van der Waals surface area contributed by atoms with Crippen molar-refractivity contribution in [3.05, 3.63) is 68.7 Å². The maximum Gasteiger partial charge on any atom is 0.251 e. The van der Waals surface area contributed by atoms with Crippen LogP contribution in [0.3, 0.4) is 0 Å². The Hall–Kier alpha value is -1.32. The number of halogens is 2. The zero-order chi connectivity index (χ0) is 14.5. The third-order valence-electron chi connectivity index (χ3n) is 3.01. The molecule has 0 bridgehead atoms. The van der Waals surface area contributed by atoms with Gasteiger partial charge in [-0.25, -0.2) is 0 Å². The van der Waals surface area contributed by atoms with E-state index in [-0.39, 0.29) is 5.91 Å². The topological polar surface area (TPSA) is 29.1 Å². The van der Waals surface area contributed by atoms with E-state index in [0.717, 1.165) is 16.5 Å². The summed E-state index contributed by atoms with van der Waals surface area (Å²) in [6.07, 6.45) is 1.02. The quantitative estimate of drug-likeness (QED) is 0.856. The predicted molar refractivity (Wildman–Crippen MR) is 86.1 cm³/mol. The Bertz CT molecular complexity index is 590. The van der Waals surface area contributed by atoms with E-state index in [4.69, 9.17) is 11.6 Å². The van der Waals surface area contributed by atoms with Gasteiger partial charge in [0.15, 0.2) is 0 Å². The number of nitrogens with one attached hydrogen (secondary N) is 1. The van der Waals surface area contributed by atoms with E-state index in [1.165, 1.54) is 5.56 Å². The first-order chi connectivity index (χ1) is 9.58. The molecule has 2 aromatic carbocycles. The summed E-state index contributed by atoms with van der Waals surface area (Å²) in [6.45, 7) is 2.63. The summed E-state index contributed by atoms with van der Waals surface area (Å²) in [5.74, 6) is -0.132. The number of aryl methyl sites for hydroxylation is 1. The molecule has 0 radical (unpaired) electrons. The van der Waals surface area contributed by atoms with Crippen LogP contribution in [0, 0.1) is 0 Å². The van der Waals surface area contributed by atoms with Crippen LogP contribution in [0.1, 0.15) is 28.4 Å². The van der Waals surface area contributed by atoms with E-state index in [1.807, 2.05) is 12.1 Å². The Kier molecular flexibility index (Phi) is 5.21. The summed E-state index contributed by atoms with van der Waals surface area (Å²) < 4.78 is 0.794. The van der Waals surface area contributed by atoms with Gasteiger partial charge in [0.25, 0.3) is 5.91 Å². The van der Waals surface area contributed by atoms with E-state index >= 15 is 0 Å². The Morgan fingerprint density at radius 3 is 2.40 bits per heavy atom. The molecule has 1 N–H and O–H groups in total. The molecule has 0 aromatic heterocycles. The van der Waals surface area contributed by atoms with Crippen molar-refractivity contribution in [3.8, 4) is 0 Å². The first kappa shape index (κ1) is 15.1. The fraction of sp³-hybridized carbons (Fsp3) is 0.188. The third-order valence-corrected chi connectivity index (χ3v) is 3.69. The van der Waals surface area contributed by atoms with Gasteiger partial charge in [0, 0.05) is 21.6 Å². The molecule has 1 amide bonds. The van der Waals surface area contributed by atoms with Crippen molar-refractivity contribution in [1.82, 2.24) is 5.32 Å². The molecule has 2 aromatic rings. The number of rotatable bonds is 4. The summed E-state index contributed by atoms with van der Waals surface area (Å²) in [7, 11) is 0. The van der Waals surface area contributed by atoms with Crippen LogP contribution in [-0.2, 0) is 13.0 Å². The number of carbonyl (C=O) groups is 1. The van der Waals surface area contributed by atoms with Crippen LogP contribution in [0.2, 0.25) is 5.02 Å². The standard InChI is InChI=1S/C16H15BrClNO/c1-2-11-3-5-12(6-4-11)10-19-16(20)13-7-14(17)9-15(18)8-13/h3-9H,2,10H2,1H3,(H,19,20). The van der Waals surface area contributed by atoms with E-state index in [9.17, 15) is 4.79 Å². The molecule has 0 unspecified atom stereocenters. The maximum absolute atomic E-state index is 12.1. The van der Waals surface area contributed by atoms with Gasteiger partial charge in [0.2, 0.25) is 0 Å². The van der Waals surface area contributed by atoms with Gasteiger partial charge in [-0.1, -0.05) is 58.7 Å². The van der Waals surface area contributed by atoms with Gasteiger partial charge < -0.3 is 5.32 Å². The lowest BCUT2D eigenvalue weighted by Gasteiger charge is -2.07. The van der Waals surface area contributed by atoms with E-state index in [0.29, 0.717) is 17.1 Å². The number of amides is 1. The van der Waals surface area contributed by atoms with Crippen molar-refractivity contribution in [2.24, 2.45) is 0 Å². The number of hydrogen-bond acceptors (Lipinski definition) is 1. The molecule has 2 nitrogen and oxygen atoms in total. The minimum absolute atomic E-state index is 0.132. The summed E-state index contributed by atoms with van der Waals surface area (Å²) in [6, 6.07) is 13.4. The highest BCUT2D eigenvalue weighted by atomic mass is 79.9. The van der Waals surface area contributed by atoms with Crippen LogP contribution in [0.15, 0.2) is 46.9 Å². The van der Waals surface area contributed by atoms with Crippen molar-refractivity contribution in [3.63, 3.8) is 0 Å². The molecular weight excluding hydrogens is 338 g/mol. The van der Waals surface area contributed by atoms with Gasteiger partial charge in [-0.2, -0.15) is 0 Å². The molecule has 0 saturated carbocycles. The van der Waals surface area contributed by atoms with Gasteiger partial charge in [0.1, 0.15) is 0 Å². The van der Waals surface area contributed by atoms with Gasteiger partial charge >= 0.3 is 0 Å². The molecule has 0 fully saturated rings. The lowest BCUT2D eigenvalue weighted by Crippen LogP contribution is -2.22.